The van der Waals surface area contributed by atoms with Gasteiger partial charge >= 0.3 is 0 Å². The lowest BCUT2D eigenvalue weighted by Crippen LogP contribution is -1.82. The molecule has 114 valence electrons. The molecule has 2 aromatic carbocycles. The highest BCUT2D eigenvalue weighted by Crippen LogP contribution is 2.33. The minimum atomic E-state index is 0.419. The third kappa shape index (κ3) is 4.04. The first kappa shape index (κ1) is 16.0. The Morgan fingerprint density at radius 1 is 0.870 bits per heavy atom. The van der Waals surface area contributed by atoms with Crippen molar-refractivity contribution < 1.29 is 14.3 Å². The molecule has 0 unspecified atom stereocenters. The van der Waals surface area contributed by atoms with Gasteiger partial charge in [-0.05, 0) is 42.8 Å². The van der Waals surface area contributed by atoms with Crippen LogP contribution in [-0.4, -0.2) is 19.3 Å². The standard InChI is InChI=1S/C16H12N4O3/c1-11-7-13(4-5-14(11)18-10-22)19-20-15-6-3-12(17-9-21)8-16(15)23-2/h3-8H,1-2H3/b20-19+. The number of hydrogen-bond acceptors (Lipinski definition) is 7. The third-order valence-corrected chi connectivity index (χ3v) is 2.96. The highest BCUT2D eigenvalue weighted by Gasteiger charge is 2.04. The molecule has 0 heterocycles. The maximum atomic E-state index is 10.3. The molecule has 0 fully saturated rings. The summed E-state index contributed by atoms with van der Waals surface area (Å²) in [5.74, 6) is 0.434. The van der Waals surface area contributed by atoms with Crippen molar-refractivity contribution in [2.75, 3.05) is 7.11 Å². The van der Waals surface area contributed by atoms with E-state index in [0.29, 0.717) is 28.5 Å². The number of benzene rings is 2. The zero-order chi connectivity index (χ0) is 16.7. The highest BCUT2D eigenvalue weighted by atomic mass is 16.5. The van der Waals surface area contributed by atoms with E-state index in [1.807, 2.05) is 6.92 Å². The molecule has 0 atom stereocenters. The van der Waals surface area contributed by atoms with Gasteiger partial charge in [0.25, 0.3) is 0 Å². The molecule has 23 heavy (non-hydrogen) atoms. The number of rotatable bonds is 5. The molecule has 0 amide bonds. The number of aliphatic imine (C=N–C) groups is 2. The van der Waals surface area contributed by atoms with E-state index in [2.05, 4.69) is 20.2 Å². The summed E-state index contributed by atoms with van der Waals surface area (Å²) in [6.07, 6.45) is 2.96. The highest BCUT2D eigenvalue weighted by molar-refractivity contribution is 5.62. The summed E-state index contributed by atoms with van der Waals surface area (Å²) in [6, 6.07) is 9.90. The molecule has 7 heteroatoms. The van der Waals surface area contributed by atoms with E-state index < -0.39 is 0 Å². The van der Waals surface area contributed by atoms with Gasteiger partial charge in [-0.3, -0.25) is 0 Å². The van der Waals surface area contributed by atoms with Crippen LogP contribution in [0.2, 0.25) is 0 Å². The summed E-state index contributed by atoms with van der Waals surface area (Å²) in [5.41, 5.74) is 2.83. The van der Waals surface area contributed by atoms with E-state index >= 15 is 0 Å². The molecule has 0 radical (unpaired) electrons. The maximum Gasteiger partial charge on any atom is 0.240 e. The first-order valence-corrected chi connectivity index (χ1v) is 6.54. The second-order valence-corrected chi connectivity index (χ2v) is 4.43. The van der Waals surface area contributed by atoms with Crippen LogP contribution in [0.25, 0.3) is 0 Å². The van der Waals surface area contributed by atoms with Crippen LogP contribution in [0.4, 0.5) is 22.7 Å². The predicted molar refractivity (Wildman–Crippen MR) is 83.9 cm³/mol. The molecule has 7 nitrogen and oxygen atoms in total. The van der Waals surface area contributed by atoms with E-state index in [4.69, 9.17) is 4.74 Å². The Hall–Kier alpha value is -3.40. The van der Waals surface area contributed by atoms with Crippen LogP contribution in [0.1, 0.15) is 5.56 Å². The maximum absolute atomic E-state index is 10.3. The molecular formula is C16H12N4O3. The number of aryl methyl sites for hydroxylation is 1. The molecule has 0 aliphatic carbocycles. The quantitative estimate of drug-likeness (QED) is 0.466. The minimum Gasteiger partial charge on any atom is -0.494 e. The van der Waals surface area contributed by atoms with E-state index in [0.717, 1.165) is 5.56 Å². The number of ether oxygens (including phenoxy) is 1. The van der Waals surface area contributed by atoms with Crippen LogP contribution < -0.4 is 4.74 Å². The van der Waals surface area contributed by atoms with Crippen molar-refractivity contribution in [3.8, 4) is 5.75 Å². The Morgan fingerprint density at radius 2 is 1.57 bits per heavy atom. The molecule has 0 spiro atoms. The zero-order valence-electron chi connectivity index (χ0n) is 12.5. The van der Waals surface area contributed by atoms with Gasteiger partial charge < -0.3 is 4.74 Å². The summed E-state index contributed by atoms with van der Waals surface area (Å²) < 4.78 is 5.19. The summed E-state index contributed by atoms with van der Waals surface area (Å²) >= 11 is 0. The molecule has 2 rings (SSSR count). The number of carbonyl (C=O) groups excluding carboxylic acids is 2. The Labute approximate surface area is 132 Å². The van der Waals surface area contributed by atoms with Gasteiger partial charge in [-0.1, -0.05) is 0 Å². The van der Waals surface area contributed by atoms with Crippen LogP contribution >= 0.6 is 0 Å². The van der Waals surface area contributed by atoms with Crippen LogP contribution in [0.5, 0.6) is 5.75 Å². The van der Waals surface area contributed by atoms with E-state index in [9.17, 15) is 9.59 Å². The summed E-state index contributed by atoms with van der Waals surface area (Å²) in [4.78, 5) is 27.7. The SMILES string of the molecule is COc1cc(N=C=O)ccc1/N=N/c1ccc(N=C=O)c(C)c1. The summed E-state index contributed by atoms with van der Waals surface area (Å²) in [6.45, 7) is 1.81. The smallest absolute Gasteiger partial charge is 0.240 e. The van der Waals surface area contributed by atoms with Gasteiger partial charge in [-0.15, -0.1) is 5.11 Å². The van der Waals surface area contributed by atoms with Crippen LogP contribution in [0.3, 0.4) is 0 Å². The van der Waals surface area contributed by atoms with Gasteiger partial charge in [0.15, 0.2) is 0 Å². The molecule has 0 bridgehead atoms. The Balaban J connectivity index is 2.31. The van der Waals surface area contributed by atoms with E-state index in [-0.39, 0.29) is 0 Å². The number of isocyanates is 2. The van der Waals surface area contributed by atoms with Crippen LogP contribution in [-0.2, 0) is 9.59 Å². The van der Waals surface area contributed by atoms with Gasteiger partial charge in [-0.25, -0.2) is 9.59 Å². The number of azo groups is 1. The lowest BCUT2D eigenvalue weighted by atomic mass is 10.2. The molecule has 0 aromatic heterocycles. The number of hydrogen-bond donors (Lipinski definition) is 0. The second-order valence-electron chi connectivity index (χ2n) is 4.43. The first-order valence-electron chi connectivity index (χ1n) is 6.54. The second kappa shape index (κ2) is 7.56. The molecule has 2 aromatic rings. The lowest BCUT2D eigenvalue weighted by molar-refractivity contribution is 0.416. The third-order valence-electron chi connectivity index (χ3n) is 2.96. The molecular weight excluding hydrogens is 296 g/mol. The van der Waals surface area contributed by atoms with Crippen molar-refractivity contribution in [3.05, 3.63) is 42.0 Å². The van der Waals surface area contributed by atoms with Crippen molar-refractivity contribution in [3.63, 3.8) is 0 Å². The largest absolute Gasteiger partial charge is 0.494 e. The lowest BCUT2D eigenvalue weighted by Gasteiger charge is -2.04. The predicted octanol–water partition coefficient (Wildman–Crippen LogP) is 4.35. The normalized spacial score (nSPS) is 10.0. The summed E-state index contributed by atoms with van der Waals surface area (Å²) in [7, 11) is 1.49. The fraction of sp³-hybridized carbons (Fsp3) is 0.125. The zero-order valence-corrected chi connectivity index (χ0v) is 12.5. The Morgan fingerprint density at radius 3 is 2.22 bits per heavy atom. The van der Waals surface area contributed by atoms with Crippen molar-refractivity contribution in [1.29, 1.82) is 0 Å². The number of methoxy groups -OCH3 is 1. The van der Waals surface area contributed by atoms with Crippen molar-refractivity contribution in [1.82, 2.24) is 0 Å². The summed E-state index contributed by atoms with van der Waals surface area (Å²) in [5, 5.41) is 8.24. The van der Waals surface area contributed by atoms with Crippen molar-refractivity contribution in [2.45, 2.75) is 6.92 Å². The average Bonchev–Trinajstić information content (AvgIpc) is 2.56. The van der Waals surface area contributed by atoms with E-state index in [1.165, 1.54) is 19.3 Å². The van der Waals surface area contributed by atoms with Crippen LogP contribution in [0, 0.1) is 6.92 Å². The Bertz CT molecular complexity index is 848. The van der Waals surface area contributed by atoms with E-state index in [1.54, 1.807) is 36.4 Å². The fourth-order valence-corrected chi connectivity index (χ4v) is 1.86. The average molecular weight is 308 g/mol. The van der Waals surface area contributed by atoms with Gasteiger partial charge in [0.05, 0.1) is 24.2 Å². The molecule has 0 N–H and O–H groups in total. The van der Waals surface area contributed by atoms with Gasteiger partial charge in [0.1, 0.15) is 11.4 Å². The molecule has 0 saturated heterocycles. The molecule has 0 aliphatic rings. The topological polar surface area (TPSA) is 92.8 Å². The van der Waals surface area contributed by atoms with Crippen molar-refractivity contribution >= 4 is 34.9 Å². The van der Waals surface area contributed by atoms with Crippen LogP contribution in [0.15, 0.2) is 56.6 Å². The number of nitrogens with zero attached hydrogens (tertiary/aromatic N) is 4. The molecule has 0 saturated carbocycles. The Kier molecular flexibility index (Phi) is 5.25. The first-order chi connectivity index (χ1) is 11.2. The van der Waals surface area contributed by atoms with Crippen molar-refractivity contribution in [2.24, 2.45) is 20.2 Å². The fourth-order valence-electron chi connectivity index (χ4n) is 1.86. The van der Waals surface area contributed by atoms with Gasteiger partial charge in [0.2, 0.25) is 12.2 Å². The van der Waals surface area contributed by atoms with Gasteiger partial charge in [-0.2, -0.15) is 15.1 Å². The molecule has 0 aliphatic heterocycles. The minimum absolute atomic E-state index is 0.419. The monoisotopic (exact) mass is 308 g/mol. The van der Waals surface area contributed by atoms with Gasteiger partial charge in [0, 0.05) is 6.07 Å².